The van der Waals surface area contributed by atoms with Crippen molar-refractivity contribution in [2.45, 2.75) is 19.4 Å². The Hall–Kier alpha value is -1.75. The topological polar surface area (TPSA) is 84.6 Å². The quantitative estimate of drug-likeness (QED) is 0.666. The van der Waals surface area contributed by atoms with Crippen LogP contribution in [0.5, 0.6) is 5.75 Å². The van der Waals surface area contributed by atoms with E-state index in [2.05, 4.69) is 5.32 Å². The maximum Gasteiger partial charge on any atom is 0.322 e. The molecule has 0 aliphatic carbocycles. The number of ether oxygens (including phenoxy) is 1. The fraction of sp³-hybridized carbons (Fsp3) is 0.417. The van der Waals surface area contributed by atoms with E-state index in [1.807, 2.05) is 31.2 Å². The van der Waals surface area contributed by atoms with Gasteiger partial charge in [-0.3, -0.25) is 4.79 Å². The highest BCUT2D eigenvalue weighted by Gasteiger charge is 2.10. The molecule has 1 rings (SSSR count). The zero-order valence-corrected chi connectivity index (χ0v) is 9.85. The molecular formula is C12H18N2O3. The molecule has 1 aromatic carbocycles. The molecule has 0 aliphatic heterocycles. The Kier molecular flexibility index (Phi) is 5.29. The van der Waals surface area contributed by atoms with Gasteiger partial charge in [0.15, 0.2) is 0 Å². The Bertz CT molecular complexity index is 351. The van der Waals surface area contributed by atoms with Crippen molar-refractivity contribution in [2.24, 2.45) is 5.73 Å². The molecule has 4 N–H and O–H groups in total. The van der Waals surface area contributed by atoms with Crippen molar-refractivity contribution in [1.29, 1.82) is 0 Å². The van der Waals surface area contributed by atoms with E-state index in [0.717, 1.165) is 17.9 Å². The lowest BCUT2D eigenvalue weighted by molar-refractivity contribution is -0.138. The summed E-state index contributed by atoms with van der Waals surface area (Å²) in [6.07, 6.45) is 0.966. The van der Waals surface area contributed by atoms with Crippen LogP contribution >= 0.6 is 0 Å². The van der Waals surface area contributed by atoms with Gasteiger partial charge in [-0.2, -0.15) is 0 Å². The van der Waals surface area contributed by atoms with Crippen molar-refractivity contribution in [3.63, 3.8) is 0 Å². The average Bonchev–Trinajstić information content (AvgIpc) is 2.34. The fourth-order valence-electron chi connectivity index (χ4n) is 1.20. The third-order valence-electron chi connectivity index (χ3n) is 2.17. The van der Waals surface area contributed by atoms with Gasteiger partial charge in [0, 0.05) is 12.2 Å². The minimum atomic E-state index is -1.01. The van der Waals surface area contributed by atoms with Crippen LogP contribution in [-0.2, 0) is 4.79 Å². The largest absolute Gasteiger partial charge is 0.494 e. The highest BCUT2D eigenvalue weighted by molar-refractivity contribution is 5.74. The Morgan fingerprint density at radius 3 is 2.65 bits per heavy atom. The first-order valence-electron chi connectivity index (χ1n) is 5.58. The number of nitrogens with two attached hydrogens (primary N) is 1. The minimum Gasteiger partial charge on any atom is -0.494 e. The molecule has 0 spiro atoms. The highest BCUT2D eigenvalue weighted by atomic mass is 16.5. The van der Waals surface area contributed by atoms with Crippen molar-refractivity contribution in [1.82, 2.24) is 0 Å². The van der Waals surface area contributed by atoms with Crippen LogP contribution in [0.3, 0.4) is 0 Å². The molecule has 0 saturated heterocycles. The average molecular weight is 238 g/mol. The highest BCUT2D eigenvalue weighted by Crippen LogP contribution is 2.15. The van der Waals surface area contributed by atoms with Gasteiger partial charge in [-0.1, -0.05) is 6.92 Å². The molecule has 0 fully saturated rings. The van der Waals surface area contributed by atoms with Crippen LogP contribution < -0.4 is 15.8 Å². The number of anilines is 1. The Labute approximate surface area is 101 Å². The zero-order valence-electron chi connectivity index (χ0n) is 9.85. The van der Waals surface area contributed by atoms with E-state index in [0.29, 0.717) is 6.61 Å². The molecule has 5 nitrogen and oxygen atoms in total. The molecule has 0 heterocycles. The SMILES string of the molecule is CCCOc1ccc(NCC(N)C(=O)O)cc1. The third-order valence-corrected chi connectivity index (χ3v) is 2.17. The summed E-state index contributed by atoms with van der Waals surface area (Å²) < 4.78 is 5.43. The van der Waals surface area contributed by atoms with Gasteiger partial charge in [-0.05, 0) is 30.7 Å². The van der Waals surface area contributed by atoms with Gasteiger partial charge in [0.25, 0.3) is 0 Å². The lowest BCUT2D eigenvalue weighted by atomic mass is 10.2. The second-order valence-corrected chi connectivity index (χ2v) is 3.70. The first-order chi connectivity index (χ1) is 8.13. The summed E-state index contributed by atoms with van der Waals surface area (Å²) in [4.78, 5) is 10.5. The number of rotatable bonds is 7. The third kappa shape index (κ3) is 4.74. The van der Waals surface area contributed by atoms with Crippen LogP contribution in [0.15, 0.2) is 24.3 Å². The van der Waals surface area contributed by atoms with Gasteiger partial charge in [0.05, 0.1) is 6.61 Å². The van der Waals surface area contributed by atoms with Gasteiger partial charge in [0.2, 0.25) is 0 Å². The molecule has 1 aromatic rings. The molecule has 1 unspecified atom stereocenters. The van der Waals surface area contributed by atoms with E-state index in [9.17, 15) is 4.79 Å². The Balaban J connectivity index is 2.42. The monoisotopic (exact) mass is 238 g/mol. The van der Waals surface area contributed by atoms with Crippen LogP contribution in [0.4, 0.5) is 5.69 Å². The smallest absolute Gasteiger partial charge is 0.322 e. The van der Waals surface area contributed by atoms with E-state index in [1.54, 1.807) is 0 Å². The van der Waals surface area contributed by atoms with Crippen molar-refractivity contribution in [3.05, 3.63) is 24.3 Å². The number of carboxylic acid groups (broad SMARTS) is 1. The maximum atomic E-state index is 10.5. The van der Waals surface area contributed by atoms with E-state index in [1.165, 1.54) is 0 Å². The van der Waals surface area contributed by atoms with Crippen molar-refractivity contribution >= 4 is 11.7 Å². The lowest BCUT2D eigenvalue weighted by Crippen LogP contribution is -2.36. The van der Waals surface area contributed by atoms with Gasteiger partial charge < -0.3 is 20.9 Å². The zero-order chi connectivity index (χ0) is 12.7. The van der Waals surface area contributed by atoms with Crippen LogP contribution in [-0.4, -0.2) is 30.3 Å². The van der Waals surface area contributed by atoms with Gasteiger partial charge in [-0.15, -0.1) is 0 Å². The maximum absolute atomic E-state index is 10.5. The number of nitrogens with one attached hydrogen (secondary N) is 1. The van der Waals surface area contributed by atoms with E-state index in [-0.39, 0.29) is 6.54 Å². The molecule has 0 aliphatic rings. The Morgan fingerprint density at radius 1 is 1.47 bits per heavy atom. The van der Waals surface area contributed by atoms with Crippen LogP contribution in [0.1, 0.15) is 13.3 Å². The summed E-state index contributed by atoms with van der Waals surface area (Å²) in [5.41, 5.74) is 6.20. The first-order valence-corrected chi connectivity index (χ1v) is 5.58. The number of carbonyl (C=O) groups is 1. The van der Waals surface area contributed by atoms with Crippen molar-refractivity contribution in [3.8, 4) is 5.75 Å². The molecule has 5 heteroatoms. The molecule has 0 amide bonds. The molecule has 94 valence electrons. The normalized spacial score (nSPS) is 11.9. The van der Waals surface area contributed by atoms with Crippen molar-refractivity contribution < 1.29 is 14.6 Å². The van der Waals surface area contributed by atoms with E-state index >= 15 is 0 Å². The number of benzene rings is 1. The van der Waals surface area contributed by atoms with Crippen LogP contribution in [0.25, 0.3) is 0 Å². The van der Waals surface area contributed by atoms with Crippen molar-refractivity contribution in [2.75, 3.05) is 18.5 Å². The summed E-state index contributed by atoms with van der Waals surface area (Å²) >= 11 is 0. The summed E-state index contributed by atoms with van der Waals surface area (Å²) in [6, 6.07) is 6.44. The number of hydrogen-bond acceptors (Lipinski definition) is 4. The molecule has 0 saturated carbocycles. The lowest BCUT2D eigenvalue weighted by Gasteiger charge is -2.10. The predicted octanol–water partition coefficient (Wildman–Crippen LogP) is 1.30. The minimum absolute atomic E-state index is 0.199. The first kappa shape index (κ1) is 13.3. The van der Waals surface area contributed by atoms with Gasteiger partial charge >= 0.3 is 5.97 Å². The number of hydrogen-bond donors (Lipinski definition) is 3. The Morgan fingerprint density at radius 2 is 2.12 bits per heavy atom. The molecule has 0 aromatic heterocycles. The second kappa shape index (κ2) is 6.75. The summed E-state index contributed by atoms with van der Waals surface area (Å²) in [5, 5.41) is 11.6. The second-order valence-electron chi connectivity index (χ2n) is 3.70. The summed E-state index contributed by atoms with van der Waals surface area (Å²) in [5.74, 6) is -0.208. The molecule has 17 heavy (non-hydrogen) atoms. The summed E-state index contributed by atoms with van der Waals surface area (Å²) in [7, 11) is 0. The summed E-state index contributed by atoms with van der Waals surface area (Å²) in [6.45, 7) is 2.93. The van der Waals surface area contributed by atoms with Gasteiger partial charge in [-0.25, -0.2) is 0 Å². The molecule has 0 radical (unpaired) electrons. The van der Waals surface area contributed by atoms with E-state index < -0.39 is 12.0 Å². The van der Waals surface area contributed by atoms with E-state index in [4.69, 9.17) is 15.6 Å². The molecule has 1 atom stereocenters. The standard InChI is InChI=1S/C12H18N2O3/c1-2-7-17-10-5-3-9(4-6-10)14-8-11(13)12(15)16/h3-6,11,14H,2,7-8,13H2,1H3,(H,15,16). The van der Waals surface area contributed by atoms with Crippen LogP contribution in [0.2, 0.25) is 0 Å². The number of aliphatic carboxylic acids is 1. The molecule has 0 bridgehead atoms. The molecular weight excluding hydrogens is 220 g/mol. The van der Waals surface area contributed by atoms with Gasteiger partial charge in [0.1, 0.15) is 11.8 Å². The van der Waals surface area contributed by atoms with Crippen LogP contribution in [0, 0.1) is 0 Å². The number of carboxylic acids is 1. The predicted molar refractivity (Wildman–Crippen MR) is 66.3 cm³/mol. The fourth-order valence-corrected chi connectivity index (χ4v) is 1.20.